The summed E-state index contributed by atoms with van der Waals surface area (Å²) < 4.78 is 0. The van der Waals surface area contributed by atoms with Crippen molar-refractivity contribution in [1.29, 1.82) is 0 Å². The molecule has 0 aliphatic heterocycles. The van der Waals surface area contributed by atoms with E-state index in [2.05, 4.69) is 56.5 Å². The Morgan fingerprint density at radius 1 is 0.957 bits per heavy atom. The van der Waals surface area contributed by atoms with Crippen molar-refractivity contribution in [2.24, 2.45) is 0 Å². The summed E-state index contributed by atoms with van der Waals surface area (Å²) in [6.07, 6.45) is 0.445. The van der Waals surface area contributed by atoms with Gasteiger partial charge in [-0.1, -0.05) is 29.8 Å². The molecule has 3 nitrogen and oxygen atoms in total. The summed E-state index contributed by atoms with van der Waals surface area (Å²) in [6, 6.07) is 10.3. The number of rotatable bonds is 5. The van der Waals surface area contributed by atoms with E-state index < -0.39 is 0 Å². The van der Waals surface area contributed by atoms with Gasteiger partial charge in [-0.2, -0.15) is 0 Å². The van der Waals surface area contributed by atoms with Crippen LogP contribution in [0, 0.1) is 34.6 Å². The second kappa shape index (κ2) is 7.32. The highest BCUT2D eigenvalue weighted by molar-refractivity contribution is 5.92. The van der Waals surface area contributed by atoms with E-state index in [0.29, 0.717) is 13.0 Å². The summed E-state index contributed by atoms with van der Waals surface area (Å²) in [7, 11) is 0. The van der Waals surface area contributed by atoms with Gasteiger partial charge in [0.2, 0.25) is 5.91 Å². The van der Waals surface area contributed by atoms with Gasteiger partial charge in [-0.25, -0.2) is 0 Å². The Bertz CT molecular complexity index is 697. The molecule has 0 aromatic heterocycles. The summed E-state index contributed by atoms with van der Waals surface area (Å²) in [6.45, 7) is 11.0. The van der Waals surface area contributed by atoms with Crippen molar-refractivity contribution in [3.05, 3.63) is 58.1 Å². The number of nitrogens with one attached hydrogen (secondary N) is 2. The molecule has 0 atom stereocenters. The van der Waals surface area contributed by atoms with E-state index >= 15 is 0 Å². The molecule has 0 aliphatic rings. The third-order valence-electron chi connectivity index (χ3n) is 4.21. The molecule has 0 unspecified atom stereocenters. The van der Waals surface area contributed by atoms with Crippen molar-refractivity contribution in [2.75, 3.05) is 17.2 Å². The Kier molecular flexibility index (Phi) is 5.43. The molecule has 2 aromatic rings. The second-order valence-electron chi connectivity index (χ2n) is 6.25. The van der Waals surface area contributed by atoms with Crippen molar-refractivity contribution < 1.29 is 4.79 Å². The summed E-state index contributed by atoms with van der Waals surface area (Å²) in [5.41, 5.74) is 8.05. The molecule has 2 aromatic carbocycles. The van der Waals surface area contributed by atoms with Crippen LogP contribution >= 0.6 is 0 Å². The number of hydrogen-bond donors (Lipinski definition) is 2. The van der Waals surface area contributed by atoms with Crippen LogP contribution in [-0.2, 0) is 4.79 Å². The number of benzene rings is 2. The smallest absolute Gasteiger partial charge is 0.226 e. The lowest BCUT2D eigenvalue weighted by Crippen LogP contribution is -2.17. The van der Waals surface area contributed by atoms with Gasteiger partial charge in [0.15, 0.2) is 0 Å². The van der Waals surface area contributed by atoms with Gasteiger partial charge in [-0.3, -0.25) is 4.79 Å². The van der Waals surface area contributed by atoms with E-state index in [1.165, 1.54) is 22.3 Å². The summed E-state index contributed by atoms with van der Waals surface area (Å²) in [5.74, 6) is 0.0358. The molecule has 122 valence electrons. The van der Waals surface area contributed by atoms with Gasteiger partial charge >= 0.3 is 0 Å². The van der Waals surface area contributed by atoms with Crippen molar-refractivity contribution in [1.82, 2.24) is 0 Å². The molecule has 23 heavy (non-hydrogen) atoms. The van der Waals surface area contributed by atoms with Gasteiger partial charge in [0.05, 0.1) is 0 Å². The maximum Gasteiger partial charge on any atom is 0.226 e. The Hall–Kier alpha value is -2.29. The van der Waals surface area contributed by atoms with Gasteiger partial charge < -0.3 is 10.6 Å². The predicted molar refractivity (Wildman–Crippen MR) is 98.3 cm³/mol. The Morgan fingerprint density at radius 2 is 1.61 bits per heavy atom. The molecule has 3 heteroatoms. The fourth-order valence-electron chi connectivity index (χ4n) is 2.86. The first-order chi connectivity index (χ1) is 10.9. The van der Waals surface area contributed by atoms with E-state index in [0.717, 1.165) is 16.9 Å². The molecule has 0 fully saturated rings. The number of amides is 1. The van der Waals surface area contributed by atoms with Crippen LogP contribution in [0.4, 0.5) is 11.4 Å². The van der Waals surface area contributed by atoms with Crippen LogP contribution in [-0.4, -0.2) is 12.5 Å². The van der Waals surface area contributed by atoms with Crippen LogP contribution in [0.25, 0.3) is 0 Å². The third-order valence-corrected chi connectivity index (χ3v) is 4.21. The summed E-state index contributed by atoms with van der Waals surface area (Å²) in [4.78, 5) is 12.1. The summed E-state index contributed by atoms with van der Waals surface area (Å²) >= 11 is 0. The molecule has 0 radical (unpaired) electrons. The van der Waals surface area contributed by atoms with Crippen LogP contribution in [0.2, 0.25) is 0 Å². The van der Waals surface area contributed by atoms with Crippen LogP contribution in [0.5, 0.6) is 0 Å². The van der Waals surface area contributed by atoms with Crippen molar-refractivity contribution in [3.8, 4) is 0 Å². The molecule has 1 amide bonds. The molecular formula is C20H26N2O. The van der Waals surface area contributed by atoms with Gasteiger partial charge in [-0.05, 0) is 62.9 Å². The third kappa shape index (κ3) is 4.35. The monoisotopic (exact) mass is 310 g/mol. The molecule has 0 aliphatic carbocycles. The first kappa shape index (κ1) is 17.1. The number of aryl methyl sites for hydroxylation is 4. The number of carbonyl (C=O) groups is 1. The molecular weight excluding hydrogens is 284 g/mol. The van der Waals surface area contributed by atoms with E-state index in [-0.39, 0.29) is 5.91 Å². The molecule has 0 spiro atoms. The Balaban J connectivity index is 1.92. The molecule has 0 heterocycles. The molecule has 0 saturated carbocycles. The van der Waals surface area contributed by atoms with E-state index in [9.17, 15) is 4.79 Å². The Labute approximate surface area is 139 Å². The van der Waals surface area contributed by atoms with E-state index in [1.807, 2.05) is 19.1 Å². The zero-order valence-corrected chi connectivity index (χ0v) is 14.7. The molecule has 0 bridgehead atoms. The fraction of sp³-hybridized carbons (Fsp3) is 0.350. The fourth-order valence-corrected chi connectivity index (χ4v) is 2.86. The van der Waals surface area contributed by atoms with E-state index in [1.54, 1.807) is 0 Å². The predicted octanol–water partition coefficient (Wildman–Crippen LogP) is 4.67. The zero-order valence-electron chi connectivity index (χ0n) is 14.7. The maximum atomic E-state index is 12.1. The number of carbonyl (C=O) groups excluding carboxylic acids is 1. The van der Waals surface area contributed by atoms with Crippen LogP contribution < -0.4 is 10.6 Å². The minimum absolute atomic E-state index is 0.0358. The minimum Gasteiger partial charge on any atom is -0.384 e. The largest absolute Gasteiger partial charge is 0.384 e. The topological polar surface area (TPSA) is 41.1 Å². The standard InChI is InChI=1S/C20H26N2O/c1-13-11-15(3)20(16(4)12-13)21-10-9-19(23)22-18-8-6-7-14(2)17(18)5/h6-8,11-12,21H,9-10H2,1-5H3,(H,22,23). The SMILES string of the molecule is Cc1cc(C)c(NCCC(=O)Nc2cccc(C)c2C)c(C)c1. The molecule has 2 rings (SSSR count). The van der Waals surface area contributed by atoms with Crippen molar-refractivity contribution >= 4 is 17.3 Å². The highest BCUT2D eigenvalue weighted by atomic mass is 16.1. The Morgan fingerprint density at radius 3 is 2.26 bits per heavy atom. The number of anilines is 2. The maximum absolute atomic E-state index is 12.1. The van der Waals surface area contributed by atoms with E-state index in [4.69, 9.17) is 0 Å². The lowest BCUT2D eigenvalue weighted by molar-refractivity contribution is -0.115. The first-order valence-corrected chi connectivity index (χ1v) is 8.06. The average Bonchev–Trinajstić information content (AvgIpc) is 2.46. The van der Waals surface area contributed by atoms with Gasteiger partial charge in [0.1, 0.15) is 0 Å². The van der Waals surface area contributed by atoms with Gasteiger partial charge in [0, 0.05) is 24.3 Å². The normalized spacial score (nSPS) is 10.5. The first-order valence-electron chi connectivity index (χ1n) is 8.06. The minimum atomic E-state index is 0.0358. The highest BCUT2D eigenvalue weighted by Crippen LogP contribution is 2.22. The van der Waals surface area contributed by atoms with Gasteiger partial charge in [-0.15, -0.1) is 0 Å². The van der Waals surface area contributed by atoms with Crippen LogP contribution in [0.15, 0.2) is 30.3 Å². The lowest BCUT2D eigenvalue weighted by Gasteiger charge is -2.14. The van der Waals surface area contributed by atoms with Crippen LogP contribution in [0.3, 0.4) is 0 Å². The van der Waals surface area contributed by atoms with Crippen LogP contribution in [0.1, 0.15) is 34.2 Å². The van der Waals surface area contributed by atoms with Crippen molar-refractivity contribution in [2.45, 2.75) is 41.0 Å². The highest BCUT2D eigenvalue weighted by Gasteiger charge is 2.07. The lowest BCUT2D eigenvalue weighted by atomic mass is 10.1. The average molecular weight is 310 g/mol. The van der Waals surface area contributed by atoms with Gasteiger partial charge in [0.25, 0.3) is 0 Å². The van der Waals surface area contributed by atoms with Crippen molar-refractivity contribution in [3.63, 3.8) is 0 Å². The molecule has 2 N–H and O–H groups in total. The zero-order chi connectivity index (χ0) is 17.0. The molecule has 0 saturated heterocycles. The number of hydrogen-bond acceptors (Lipinski definition) is 2. The quantitative estimate of drug-likeness (QED) is 0.842. The summed E-state index contributed by atoms with van der Waals surface area (Å²) in [5, 5.41) is 6.39. The second-order valence-corrected chi connectivity index (χ2v) is 6.25.